The minimum absolute atomic E-state index is 0.0601. The molecule has 2 unspecified atom stereocenters. The first-order valence-corrected chi connectivity index (χ1v) is 4.34. The smallest absolute Gasteiger partial charge is 0.307 e. The molecule has 2 nitrogen and oxygen atoms in total. The summed E-state index contributed by atoms with van der Waals surface area (Å²) in [6.07, 6.45) is 2.43. The second-order valence-electron chi connectivity index (χ2n) is 3.67. The number of rotatable bonds is 5. The fourth-order valence-corrected chi connectivity index (χ4v) is 1.21. The maximum atomic E-state index is 10.8. The molecule has 70 valence electrons. The summed E-state index contributed by atoms with van der Waals surface area (Å²) in [5, 5.41) is 8.88. The molecule has 0 bridgehead atoms. The van der Waals surface area contributed by atoms with Crippen molar-refractivity contribution < 1.29 is 9.90 Å². The second kappa shape index (κ2) is 4.96. The number of aliphatic carboxylic acids is 1. The van der Waals surface area contributed by atoms with Gasteiger partial charge in [0.05, 0.1) is 5.92 Å². The highest BCUT2D eigenvalue weighted by Gasteiger charge is 2.23. The zero-order chi connectivity index (χ0) is 9.72. The third kappa shape index (κ3) is 3.56. The van der Waals surface area contributed by atoms with E-state index >= 15 is 0 Å². The van der Waals surface area contributed by atoms with Crippen molar-refractivity contribution in [1.29, 1.82) is 0 Å². The van der Waals surface area contributed by atoms with Crippen LogP contribution in [0.25, 0.3) is 0 Å². The van der Waals surface area contributed by atoms with Gasteiger partial charge in [-0.05, 0) is 18.3 Å². The van der Waals surface area contributed by atoms with E-state index in [0.717, 1.165) is 6.42 Å². The lowest BCUT2D eigenvalue weighted by Gasteiger charge is -2.18. The Morgan fingerprint density at radius 1 is 1.50 bits per heavy atom. The summed E-state index contributed by atoms with van der Waals surface area (Å²) in [6, 6.07) is 0. The van der Waals surface area contributed by atoms with Crippen molar-refractivity contribution in [2.75, 3.05) is 0 Å². The first kappa shape index (κ1) is 11.2. The number of allylic oxidation sites excluding steroid dienone is 1. The molecule has 0 aromatic rings. The second-order valence-corrected chi connectivity index (χ2v) is 3.67. The molecule has 0 saturated heterocycles. The van der Waals surface area contributed by atoms with Gasteiger partial charge in [0.2, 0.25) is 0 Å². The Labute approximate surface area is 74.3 Å². The van der Waals surface area contributed by atoms with Gasteiger partial charge in [-0.3, -0.25) is 4.79 Å². The van der Waals surface area contributed by atoms with Crippen LogP contribution in [0.5, 0.6) is 0 Å². The summed E-state index contributed by atoms with van der Waals surface area (Å²) in [5.41, 5.74) is 0. The van der Waals surface area contributed by atoms with Crippen LogP contribution in [-0.2, 0) is 4.79 Å². The summed E-state index contributed by atoms with van der Waals surface area (Å²) in [5.74, 6) is -0.503. The van der Waals surface area contributed by atoms with Crippen LogP contribution in [0.1, 0.15) is 27.2 Å². The Balaban J connectivity index is 4.22. The molecule has 0 radical (unpaired) electrons. The number of carbonyl (C=O) groups is 1. The maximum Gasteiger partial charge on any atom is 0.307 e. The minimum Gasteiger partial charge on any atom is -0.481 e. The lowest BCUT2D eigenvalue weighted by Crippen LogP contribution is -2.21. The van der Waals surface area contributed by atoms with E-state index in [2.05, 4.69) is 6.58 Å². The summed E-state index contributed by atoms with van der Waals surface area (Å²) in [4.78, 5) is 10.8. The molecule has 0 aliphatic rings. The molecule has 0 spiro atoms. The maximum absolute atomic E-state index is 10.8. The van der Waals surface area contributed by atoms with Gasteiger partial charge in [0, 0.05) is 0 Å². The van der Waals surface area contributed by atoms with E-state index < -0.39 is 5.97 Å². The van der Waals surface area contributed by atoms with Crippen molar-refractivity contribution in [1.82, 2.24) is 0 Å². The Hall–Kier alpha value is -0.790. The average molecular weight is 170 g/mol. The van der Waals surface area contributed by atoms with Crippen LogP contribution in [0.3, 0.4) is 0 Å². The normalized spacial score (nSPS) is 15.7. The van der Waals surface area contributed by atoms with Crippen molar-refractivity contribution in [3.05, 3.63) is 12.7 Å². The highest BCUT2D eigenvalue weighted by molar-refractivity contribution is 5.70. The standard InChI is InChI=1S/C10H18O2/c1-5-8(4)9(10(11)12)6-7(2)3/h5,7-9H,1,6H2,2-4H3,(H,11,12). The van der Waals surface area contributed by atoms with E-state index in [1.54, 1.807) is 6.08 Å². The largest absolute Gasteiger partial charge is 0.481 e. The Bertz CT molecular complexity index is 161. The van der Waals surface area contributed by atoms with Gasteiger partial charge in [-0.1, -0.05) is 26.8 Å². The molecule has 0 saturated carbocycles. The van der Waals surface area contributed by atoms with Gasteiger partial charge in [0.1, 0.15) is 0 Å². The highest BCUT2D eigenvalue weighted by atomic mass is 16.4. The summed E-state index contributed by atoms with van der Waals surface area (Å²) >= 11 is 0. The van der Waals surface area contributed by atoms with E-state index in [9.17, 15) is 4.79 Å². The lowest BCUT2D eigenvalue weighted by molar-refractivity contribution is -0.143. The first-order valence-electron chi connectivity index (χ1n) is 4.34. The number of hydrogen-bond donors (Lipinski definition) is 1. The number of carboxylic acid groups (broad SMARTS) is 1. The fraction of sp³-hybridized carbons (Fsp3) is 0.700. The average Bonchev–Trinajstić information content (AvgIpc) is 1.98. The van der Waals surface area contributed by atoms with Gasteiger partial charge in [-0.15, -0.1) is 6.58 Å². The van der Waals surface area contributed by atoms with Crippen molar-refractivity contribution in [3.8, 4) is 0 Å². The monoisotopic (exact) mass is 170 g/mol. The third-order valence-electron chi connectivity index (χ3n) is 2.05. The molecule has 0 amide bonds. The van der Waals surface area contributed by atoms with E-state index in [-0.39, 0.29) is 11.8 Å². The molecule has 0 aliphatic carbocycles. The van der Waals surface area contributed by atoms with Crippen molar-refractivity contribution >= 4 is 5.97 Å². The van der Waals surface area contributed by atoms with Crippen molar-refractivity contribution in [3.63, 3.8) is 0 Å². The van der Waals surface area contributed by atoms with E-state index in [1.165, 1.54) is 0 Å². The van der Waals surface area contributed by atoms with Crippen LogP contribution in [-0.4, -0.2) is 11.1 Å². The molecule has 0 aromatic carbocycles. The molecule has 0 aliphatic heterocycles. The van der Waals surface area contributed by atoms with E-state index in [4.69, 9.17) is 5.11 Å². The van der Waals surface area contributed by atoms with Crippen LogP contribution >= 0.6 is 0 Å². The molecular formula is C10H18O2. The Morgan fingerprint density at radius 2 is 2.00 bits per heavy atom. The zero-order valence-electron chi connectivity index (χ0n) is 8.08. The topological polar surface area (TPSA) is 37.3 Å². The SMILES string of the molecule is C=CC(C)C(CC(C)C)C(=O)O. The van der Waals surface area contributed by atoms with Crippen molar-refractivity contribution in [2.24, 2.45) is 17.8 Å². The van der Waals surface area contributed by atoms with Crippen LogP contribution in [0.4, 0.5) is 0 Å². The van der Waals surface area contributed by atoms with E-state index in [0.29, 0.717) is 5.92 Å². The molecule has 1 N–H and O–H groups in total. The van der Waals surface area contributed by atoms with Crippen LogP contribution < -0.4 is 0 Å². The molecule has 0 fully saturated rings. The molecule has 2 heteroatoms. The fourth-order valence-electron chi connectivity index (χ4n) is 1.21. The van der Waals surface area contributed by atoms with Gasteiger partial charge in [0.25, 0.3) is 0 Å². The Kier molecular flexibility index (Phi) is 4.64. The lowest BCUT2D eigenvalue weighted by atomic mass is 9.87. The number of hydrogen-bond acceptors (Lipinski definition) is 1. The zero-order valence-corrected chi connectivity index (χ0v) is 8.08. The highest BCUT2D eigenvalue weighted by Crippen LogP contribution is 2.21. The van der Waals surface area contributed by atoms with Crippen LogP contribution in [0, 0.1) is 17.8 Å². The van der Waals surface area contributed by atoms with Gasteiger partial charge in [0.15, 0.2) is 0 Å². The van der Waals surface area contributed by atoms with Crippen LogP contribution in [0.15, 0.2) is 12.7 Å². The molecule has 2 atom stereocenters. The number of carboxylic acids is 1. The minimum atomic E-state index is -0.712. The van der Waals surface area contributed by atoms with Gasteiger partial charge in [-0.2, -0.15) is 0 Å². The summed E-state index contributed by atoms with van der Waals surface area (Å²) < 4.78 is 0. The van der Waals surface area contributed by atoms with Crippen LogP contribution in [0.2, 0.25) is 0 Å². The van der Waals surface area contributed by atoms with Gasteiger partial charge >= 0.3 is 5.97 Å². The van der Waals surface area contributed by atoms with Crippen molar-refractivity contribution in [2.45, 2.75) is 27.2 Å². The van der Waals surface area contributed by atoms with E-state index in [1.807, 2.05) is 20.8 Å². The molecule has 0 aromatic heterocycles. The Morgan fingerprint density at radius 3 is 2.25 bits per heavy atom. The molecule has 0 heterocycles. The quantitative estimate of drug-likeness (QED) is 0.644. The predicted molar refractivity (Wildman–Crippen MR) is 49.9 cm³/mol. The predicted octanol–water partition coefficient (Wildman–Crippen LogP) is 2.56. The summed E-state index contributed by atoms with van der Waals surface area (Å²) in [6.45, 7) is 9.57. The molecule has 12 heavy (non-hydrogen) atoms. The molecule has 0 rings (SSSR count). The van der Waals surface area contributed by atoms with Gasteiger partial charge < -0.3 is 5.11 Å². The first-order chi connectivity index (χ1) is 5.49. The summed E-state index contributed by atoms with van der Waals surface area (Å²) in [7, 11) is 0. The third-order valence-corrected chi connectivity index (χ3v) is 2.05. The molecular weight excluding hydrogens is 152 g/mol. The van der Waals surface area contributed by atoms with Gasteiger partial charge in [-0.25, -0.2) is 0 Å².